The minimum Gasteiger partial charge on any atom is -0.380 e. The highest BCUT2D eigenvalue weighted by Crippen LogP contribution is 2.25. The first-order valence-corrected chi connectivity index (χ1v) is 12.5. The van der Waals surface area contributed by atoms with Gasteiger partial charge < -0.3 is 9.47 Å². The van der Waals surface area contributed by atoms with Gasteiger partial charge in [0.05, 0.1) is 26.1 Å². The number of carbonyl (C=O) groups is 4. The second-order valence-corrected chi connectivity index (χ2v) is 13.1. The van der Waals surface area contributed by atoms with Gasteiger partial charge in [-0.25, -0.2) is 0 Å². The third-order valence-corrected chi connectivity index (χ3v) is 6.14. The molecule has 0 heterocycles. The second kappa shape index (κ2) is 13.1. The molecule has 0 saturated heterocycles. The maximum atomic E-state index is 12.5. The van der Waals surface area contributed by atoms with Crippen LogP contribution in [0, 0.1) is 27.6 Å². The van der Waals surface area contributed by atoms with Crippen LogP contribution >= 0.6 is 0 Å². The second-order valence-electron chi connectivity index (χ2n) is 13.1. The van der Waals surface area contributed by atoms with Gasteiger partial charge in [0.15, 0.2) is 0 Å². The fourth-order valence-electron chi connectivity index (χ4n) is 2.92. The Balaban J connectivity index is 4.25. The van der Waals surface area contributed by atoms with E-state index in [1.54, 1.807) is 0 Å². The normalized spacial score (nSPS) is 14.1. The lowest BCUT2D eigenvalue weighted by Crippen LogP contribution is -2.34. The average Bonchev–Trinajstić information content (AvgIpc) is 2.65. The van der Waals surface area contributed by atoms with Crippen molar-refractivity contribution in [1.82, 2.24) is 0 Å². The van der Waals surface area contributed by atoms with E-state index in [0.29, 0.717) is 19.1 Å². The first kappa shape index (κ1) is 32.6. The van der Waals surface area contributed by atoms with Gasteiger partial charge in [-0.3, -0.25) is 19.2 Å². The van der Waals surface area contributed by atoms with Gasteiger partial charge in [0.2, 0.25) is 0 Å². The van der Waals surface area contributed by atoms with Crippen molar-refractivity contribution in [3.63, 3.8) is 0 Å². The molecule has 0 fully saturated rings. The fraction of sp³-hybridized carbons (Fsp3) is 0.857. The summed E-state index contributed by atoms with van der Waals surface area (Å²) in [6.45, 7) is 21.9. The van der Waals surface area contributed by atoms with Crippen molar-refractivity contribution in [2.24, 2.45) is 27.6 Å². The maximum Gasteiger partial charge on any atom is 0.148 e. The zero-order chi connectivity index (χ0) is 27.0. The molecule has 6 nitrogen and oxygen atoms in total. The van der Waals surface area contributed by atoms with Gasteiger partial charge >= 0.3 is 0 Å². The van der Waals surface area contributed by atoms with E-state index in [1.807, 2.05) is 69.2 Å². The van der Waals surface area contributed by atoms with Crippen LogP contribution in [0.2, 0.25) is 0 Å². The predicted molar refractivity (Wildman–Crippen MR) is 136 cm³/mol. The molecule has 0 aliphatic carbocycles. The molecule has 1 atom stereocenters. The van der Waals surface area contributed by atoms with Crippen LogP contribution in [0.1, 0.15) is 102 Å². The van der Waals surface area contributed by atoms with Crippen LogP contribution in [0.25, 0.3) is 0 Å². The molecule has 0 saturated carbocycles. The van der Waals surface area contributed by atoms with Gasteiger partial charge in [0.1, 0.15) is 23.1 Å². The van der Waals surface area contributed by atoms with Crippen molar-refractivity contribution < 1.29 is 28.7 Å². The zero-order valence-electron chi connectivity index (χ0n) is 23.7. The van der Waals surface area contributed by atoms with Gasteiger partial charge in [-0.2, -0.15) is 0 Å². The number of hydrogen-bond acceptors (Lipinski definition) is 6. The summed E-state index contributed by atoms with van der Waals surface area (Å²) in [5, 5.41) is 0. The number of rotatable bonds is 16. The number of ether oxygens (including phenoxy) is 2. The standard InChI is InChI=1S/C28H50O6/c1-20(17-34-19-28(10,11)24(32)16-22(30)26(5,6)7)13-12-14-33-18-27(8,9)23(31)15-21(29)25(2,3)4/h20H,12-19H2,1-11H3. The van der Waals surface area contributed by atoms with E-state index >= 15 is 0 Å². The van der Waals surface area contributed by atoms with Crippen LogP contribution in [0.4, 0.5) is 0 Å². The molecule has 198 valence electrons. The van der Waals surface area contributed by atoms with Gasteiger partial charge in [-0.1, -0.05) is 76.2 Å². The van der Waals surface area contributed by atoms with Gasteiger partial charge in [-0.15, -0.1) is 0 Å². The smallest absolute Gasteiger partial charge is 0.148 e. The van der Waals surface area contributed by atoms with E-state index in [1.165, 1.54) is 0 Å². The van der Waals surface area contributed by atoms with E-state index in [4.69, 9.17) is 9.47 Å². The predicted octanol–water partition coefficient (Wildman–Crippen LogP) is 5.64. The van der Waals surface area contributed by atoms with Crippen molar-refractivity contribution >= 4 is 23.1 Å². The average molecular weight is 483 g/mol. The molecule has 0 rings (SSSR count). The van der Waals surface area contributed by atoms with E-state index in [2.05, 4.69) is 6.92 Å². The topological polar surface area (TPSA) is 86.7 Å². The summed E-state index contributed by atoms with van der Waals surface area (Å²) in [4.78, 5) is 49.3. The maximum absolute atomic E-state index is 12.5. The third-order valence-electron chi connectivity index (χ3n) is 6.14. The van der Waals surface area contributed by atoms with Crippen LogP contribution < -0.4 is 0 Å². The molecule has 6 heteroatoms. The summed E-state index contributed by atoms with van der Waals surface area (Å²) < 4.78 is 11.5. The highest BCUT2D eigenvalue weighted by Gasteiger charge is 2.34. The lowest BCUT2D eigenvalue weighted by atomic mass is 9.81. The molecular weight excluding hydrogens is 432 g/mol. The quantitative estimate of drug-likeness (QED) is 0.209. The van der Waals surface area contributed by atoms with Gasteiger partial charge in [-0.05, 0) is 18.8 Å². The summed E-state index contributed by atoms with van der Waals surface area (Å²) in [5.41, 5.74) is -2.43. The van der Waals surface area contributed by atoms with Crippen LogP contribution in [-0.4, -0.2) is 49.6 Å². The molecule has 1 unspecified atom stereocenters. The molecule has 34 heavy (non-hydrogen) atoms. The Kier molecular flexibility index (Phi) is 12.5. The van der Waals surface area contributed by atoms with Gasteiger partial charge in [0, 0.05) is 34.9 Å². The van der Waals surface area contributed by atoms with Crippen LogP contribution in [0.3, 0.4) is 0 Å². The molecule has 0 radical (unpaired) electrons. The Morgan fingerprint density at radius 3 is 1.38 bits per heavy atom. The molecule has 0 aromatic heterocycles. The lowest BCUT2D eigenvalue weighted by Gasteiger charge is -2.26. The van der Waals surface area contributed by atoms with Crippen LogP contribution in [0.5, 0.6) is 0 Å². The molecule has 0 spiro atoms. The Hall–Kier alpha value is -1.40. The minimum absolute atomic E-state index is 0.0509. The van der Waals surface area contributed by atoms with E-state index in [-0.39, 0.29) is 49.2 Å². The number of Topliss-reactive ketones (excluding diaryl/α,β-unsaturated/α-hetero) is 4. The van der Waals surface area contributed by atoms with E-state index < -0.39 is 21.7 Å². The van der Waals surface area contributed by atoms with Crippen molar-refractivity contribution in [1.29, 1.82) is 0 Å². The van der Waals surface area contributed by atoms with Crippen LogP contribution in [-0.2, 0) is 28.7 Å². The Morgan fingerprint density at radius 1 is 0.618 bits per heavy atom. The molecular formula is C28H50O6. The van der Waals surface area contributed by atoms with Crippen LogP contribution in [0.15, 0.2) is 0 Å². The summed E-state index contributed by atoms with van der Waals surface area (Å²) >= 11 is 0. The molecule has 0 aliphatic heterocycles. The highest BCUT2D eigenvalue weighted by atomic mass is 16.5. The summed E-state index contributed by atoms with van der Waals surface area (Å²) in [6, 6.07) is 0. The summed E-state index contributed by atoms with van der Waals surface area (Å²) in [7, 11) is 0. The minimum atomic E-state index is -0.698. The van der Waals surface area contributed by atoms with Crippen molar-refractivity contribution in [3.8, 4) is 0 Å². The Bertz CT molecular complexity index is 703. The third kappa shape index (κ3) is 12.3. The summed E-state index contributed by atoms with van der Waals surface area (Å²) in [5.74, 6) is 0.0184. The zero-order valence-corrected chi connectivity index (χ0v) is 23.7. The molecule has 0 bridgehead atoms. The molecule has 0 aliphatic rings. The van der Waals surface area contributed by atoms with E-state index in [0.717, 1.165) is 12.8 Å². The SMILES string of the molecule is CC(CCCOCC(C)(C)C(=O)CC(=O)C(C)(C)C)COCC(C)(C)C(=O)CC(=O)C(C)(C)C. The molecule has 0 aromatic rings. The number of ketones is 4. The Morgan fingerprint density at radius 2 is 1.00 bits per heavy atom. The number of carbonyl (C=O) groups excluding carboxylic acids is 4. The first-order valence-electron chi connectivity index (χ1n) is 12.5. The highest BCUT2D eigenvalue weighted by molar-refractivity contribution is 6.04. The van der Waals surface area contributed by atoms with Gasteiger partial charge in [0.25, 0.3) is 0 Å². The number of hydrogen-bond donors (Lipinski definition) is 0. The molecule has 0 amide bonds. The molecule has 0 aromatic carbocycles. The lowest BCUT2D eigenvalue weighted by molar-refractivity contribution is -0.139. The summed E-state index contributed by atoms with van der Waals surface area (Å²) in [6.07, 6.45) is 1.61. The monoisotopic (exact) mass is 482 g/mol. The van der Waals surface area contributed by atoms with Crippen molar-refractivity contribution in [2.45, 2.75) is 102 Å². The van der Waals surface area contributed by atoms with E-state index in [9.17, 15) is 19.2 Å². The largest absolute Gasteiger partial charge is 0.380 e. The Labute approximate surface area is 207 Å². The molecule has 0 N–H and O–H groups in total. The van der Waals surface area contributed by atoms with Crippen molar-refractivity contribution in [3.05, 3.63) is 0 Å². The fourth-order valence-corrected chi connectivity index (χ4v) is 2.92. The first-order chi connectivity index (χ1) is 15.2. The van der Waals surface area contributed by atoms with Crippen molar-refractivity contribution in [2.75, 3.05) is 26.4 Å².